The molecule has 2 heterocycles. The largest absolute Gasteiger partial charge is 0.356 e. The fraction of sp³-hybridized carbons (Fsp3) is 0.333. The third-order valence-corrected chi connectivity index (χ3v) is 5.11. The quantitative estimate of drug-likeness (QED) is 0.473. The maximum absolute atomic E-state index is 14.1. The van der Waals surface area contributed by atoms with Crippen LogP contribution < -0.4 is 10.6 Å². The van der Waals surface area contributed by atoms with Crippen LogP contribution in [0.25, 0.3) is 11.6 Å². The molecule has 4 rings (SSSR count). The number of nitrogens with one attached hydrogen (secondary N) is 2. The minimum atomic E-state index is -0.145. The second-order valence-electron chi connectivity index (χ2n) is 7.09. The summed E-state index contributed by atoms with van der Waals surface area (Å²) in [5.41, 5.74) is 1.28. The number of rotatable bonds is 7. The zero-order valence-electron chi connectivity index (χ0n) is 16.2. The van der Waals surface area contributed by atoms with Crippen LogP contribution in [0.4, 0.5) is 4.39 Å². The van der Waals surface area contributed by atoms with Crippen molar-refractivity contribution in [2.45, 2.75) is 24.7 Å². The lowest BCUT2D eigenvalue weighted by Gasteiger charge is -2.19. The highest BCUT2D eigenvalue weighted by molar-refractivity contribution is 5.79. The average Bonchev–Trinajstić information content (AvgIpc) is 3.39. The van der Waals surface area contributed by atoms with Gasteiger partial charge >= 0.3 is 0 Å². The van der Waals surface area contributed by atoms with Gasteiger partial charge in [0, 0.05) is 38.2 Å². The van der Waals surface area contributed by atoms with Gasteiger partial charge in [0.25, 0.3) is 5.89 Å². The highest BCUT2D eigenvalue weighted by Gasteiger charge is 2.45. The van der Waals surface area contributed by atoms with Gasteiger partial charge < -0.3 is 15.2 Å². The van der Waals surface area contributed by atoms with E-state index in [1.165, 1.54) is 6.07 Å². The number of benzene rings is 1. The molecule has 0 radical (unpaired) electrons. The summed E-state index contributed by atoms with van der Waals surface area (Å²) in [7, 11) is 1.71. The van der Waals surface area contributed by atoms with E-state index in [4.69, 9.17) is 4.52 Å². The van der Waals surface area contributed by atoms with Crippen LogP contribution in [0.1, 0.15) is 24.2 Å². The van der Waals surface area contributed by atoms with Crippen molar-refractivity contribution in [2.75, 3.05) is 20.1 Å². The molecule has 7 nitrogen and oxygen atoms in total. The molecule has 0 spiro atoms. The van der Waals surface area contributed by atoms with Crippen LogP contribution in [0, 0.1) is 5.82 Å². The lowest BCUT2D eigenvalue weighted by Crippen LogP contribution is -2.42. The first-order valence-electron chi connectivity index (χ1n) is 9.64. The molecule has 1 fully saturated rings. The predicted octanol–water partition coefficient (Wildman–Crippen LogP) is 2.71. The minimum Gasteiger partial charge on any atom is -0.356 e. The van der Waals surface area contributed by atoms with E-state index in [1.54, 1.807) is 19.3 Å². The summed E-state index contributed by atoms with van der Waals surface area (Å²) < 4.78 is 19.4. The van der Waals surface area contributed by atoms with Crippen molar-refractivity contribution >= 4 is 5.96 Å². The van der Waals surface area contributed by atoms with Gasteiger partial charge in [0.2, 0.25) is 0 Å². The maximum atomic E-state index is 14.1. The van der Waals surface area contributed by atoms with Gasteiger partial charge in [-0.15, -0.1) is 0 Å². The summed E-state index contributed by atoms with van der Waals surface area (Å²) in [6.07, 6.45) is 4.20. The van der Waals surface area contributed by atoms with Crippen molar-refractivity contribution in [2.24, 2.45) is 4.99 Å². The summed E-state index contributed by atoms with van der Waals surface area (Å²) >= 11 is 0. The van der Waals surface area contributed by atoms with E-state index in [0.717, 1.165) is 18.4 Å². The minimum absolute atomic E-state index is 0.143. The van der Waals surface area contributed by atoms with Gasteiger partial charge in [0.1, 0.15) is 11.5 Å². The number of aromatic nitrogens is 3. The molecule has 3 aromatic rings. The van der Waals surface area contributed by atoms with Crippen LogP contribution in [0.2, 0.25) is 0 Å². The number of hydrogen-bond donors (Lipinski definition) is 2. The van der Waals surface area contributed by atoms with Gasteiger partial charge in [-0.05, 0) is 36.6 Å². The molecule has 2 aromatic heterocycles. The van der Waals surface area contributed by atoms with E-state index in [1.807, 2.05) is 30.3 Å². The van der Waals surface area contributed by atoms with Crippen LogP contribution in [-0.2, 0) is 11.8 Å². The first-order valence-corrected chi connectivity index (χ1v) is 9.64. The van der Waals surface area contributed by atoms with E-state index < -0.39 is 0 Å². The number of aliphatic imine (C=N–C) groups is 1. The van der Waals surface area contributed by atoms with E-state index in [9.17, 15) is 4.39 Å². The van der Waals surface area contributed by atoms with Crippen LogP contribution in [0.15, 0.2) is 58.2 Å². The summed E-state index contributed by atoms with van der Waals surface area (Å²) in [6.45, 7) is 1.23. The molecule has 0 atom stereocenters. The van der Waals surface area contributed by atoms with Gasteiger partial charge in [0.05, 0.1) is 0 Å². The Bertz CT molecular complexity index is 984. The molecular weight excluding hydrogens is 371 g/mol. The Morgan fingerprint density at radius 2 is 2.00 bits per heavy atom. The lowest BCUT2D eigenvalue weighted by atomic mass is 9.95. The molecule has 1 saturated carbocycles. The topological polar surface area (TPSA) is 88.2 Å². The molecule has 150 valence electrons. The summed E-state index contributed by atoms with van der Waals surface area (Å²) in [5, 5.41) is 10.5. The Hall–Kier alpha value is -3.29. The Morgan fingerprint density at radius 3 is 2.72 bits per heavy atom. The molecule has 0 aliphatic heterocycles. The Balaban J connectivity index is 1.28. The number of guanidine groups is 1. The molecule has 29 heavy (non-hydrogen) atoms. The molecule has 0 bridgehead atoms. The van der Waals surface area contributed by atoms with Gasteiger partial charge in [-0.3, -0.25) is 9.98 Å². The van der Waals surface area contributed by atoms with Crippen molar-refractivity contribution in [1.29, 1.82) is 0 Å². The van der Waals surface area contributed by atoms with Gasteiger partial charge in [-0.1, -0.05) is 29.4 Å². The van der Waals surface area contributed by atoms with Gasteiger partial charge in [-0.25, -0.2) is 4.39 Å². The molecule has 1 aromatic carbocycles. The van der Waals surface area contributed by atoms with E-state index >= 15 is 0 Å². The molecule has 2 N–H and O–H groups in total. The zero-order valence-corrected chi connectivity index (χ0v) is 16.2. The molecule has 1 aliphatic carbocycles. The molecule has 0 amide bonds. The Morgan fingerprint density at radius 1 is 1.17 bits per heavy atom. The smallest absolute Gasteiger partial charge is 0.276 e. The van der Waals surface area contributed by atoms with E-state index in [0.29, 0.717) is 42.9 Å². The summed E-state index contributed by atoms with van der Waals surface area (Å²) in [6, 6.07) is 12.5. The fourth-order valence-electron chi connectivity index (χ4n) is 3.30. The molecule has 0 unspecified atom stereocenters. The van der Waals surface area contributed by atoms with Crippen molar-refractivity contribution in [3.63, 3.8) is 0 Å². The fourth-order valence-corrected chi connectivity index (χ4v) is 3.30. The monoisotopic (exact) mass is 394 g/mol. The second kappa shape index (κ2) is 8.38. The zero-order chi connectivity index (χ0) is 20.1. The Kier molecular flexibility index (Phi) is 5.50. The summed E-state index contributed by atoms with van der Waals surface area (Å²) in [4.78, 5) is 12.8. The molecule has 8 heteroatoms. The number of hydrogen-bond acceptors (Lipinski definition) is 5. The summed E-state index contributed by atoms with van der Waals surface area (Å²) in [5.74, 6) is 1.53. The van der Waals surface area contributed by atoms with Crippen molar-refractivity contribution < 1.29 is 8.91 Å². The Labute approximate surface area is 168 Å². The van der Waals surface area contributed by atoms with Crippen molar-refractivity contribution in [3.05, 3.63) is 65.9 Å². The lowest BCUT2D eigenvalue weighted by molar-refractivity contribution is 0.421. The third-order valence-electron chi connectivity index (χ3n) is 5.11. The van der Waals surface area contributed by atoms with Crippen LogP contribution >= 0.6 is 0 Å². The van der Waals surface area contributed by atoms with Crippen molar-refractivity contribution in [3.8, 4) is 11.6 Å². The second-order valence-corrected chi connectivity index (χ2v) is 7.09. The molecule has 1 aliphatic rings. The number of halogens is 1. The third kappa shape index (κ3) is 4.42. The number of pyridine rings is 1. The highest BCUT2D eigenvalue weighted by Crippen LogP contribution is 2.48. The first-order chi connectivity index (χ1) is 14.2. The van der Waals surface area contributed by atoms with Crippen molar-refractivity contribution in [1.82, 2.24) is 25.8 Å². The standard InChI is InChI=1S/C21H23FN6O/c1-23-20(26-14-21(10-11-21)15-6-2-3-7-16(15)22)25-13-9-18-27-19(29-28-18)17-8-4-5-12-24-17/h2-8,12H,9-11,13-14H2,1H3,(H2,23,25,26). The first kappa shape index (κ1) is 19.0. The molecular formula is C21H23FN6O. The van der Waals surface area contributed by atoms with Gasteiger partial charge in [0.15, 0.2) is 11.8 Å². The SMILES string of the molecule is CN=C(NCCc1noc(-c2ccccn2)n1)NCC1(c2ccccc2F)CC1. The normalized spacial score (nSPS) is 15.2. The molecule has 0 saturated heterocycles. The van der Waals surface area contributed by atoms with E-state index in [2.05, 4.69) is 30.8 Å². The van der Waals surface area contributed by atoms with Gasteiger partial charge in [-0.2, -0.15) is 4.98 Å². The number of nitrogens with zero attached hydrogens (tertiary/aromatic N) is 4. The van der Waals surface area contributed by atoms with Crippen LogP contribution in [-0.4, -0.2) is 41.2 Å². The highest BCUT2D eigenvalue weighted by atomic mass is 19.1. The maximum Gasteiger partial charge on any atom is 0.276 e. The average molecular weight is 394 g/mol. The predicted molar refractivity (Wildman–Crippen MR) is 108 cm³/mol. The van der Waals surface area contributed by atoms with E-state index in [-0.39, 0.29) is 11.2 Å². The van der Waals surface area contributed by atoms with Crippen LogP contribution in [0.5, 0.6) is 0 Å². The van der Waals surface area contributed by atoms with Crippen LogP contribution in [0.3, 0.4) is 0 Å².